The van der Waals surface area contributed by atoms with Crippen LogP contribution in [0.5, 0.6) is 0 Å². The number of aryl methyl sites for hydroxylation is 2. The van der Waals surface area contributed by atoms with Crippen LogP contribution in [0.25, 0.3) is 0 Å². The molecule has 1 saturated heterocycles. The molecule has 6 nitrogen and oxygen atoms in total. The molecule has 0 atom stereocenters. The molecule has 128 valence electrons. The molecule has 2 rings (SSSR count). The van der Waals surface area contributed by atoms with Gasteiger partial charge in [0, 0.05) is 51.2 Å². The van der Waals surface area contributed by atoms with Crippen LogP contribution < -0.4 is 11.1 Å². The molecule has 0 aromatic heterocycles. The Bertz CT molecular complexity index is 654. The number of piperazine rings is 1. The Morgan fingerprint density at radius 1 is 1.29 bits per heavy atom. The minimum absolute atomic E-state index is 0.125. The van der Waals surface area contributed by atoms with Crippen molar-refractivity contribution in [3.05, 3.63) is 41.1 Å². The lowest BCUT2D eigenvalue weighted by molar-refractivity contribution is -0.128. The second kappa shape index (κ2) is 8.48. The van der Waals surface area contributed by atoms with E-state index in [-0.39, 0.29) is 11.5 Å². The first-order valence-corrected chi connectivity index (χ1v) is 8.21. The zero-order valence-electron chi connectivity index (χ0n) is 14.4. The Balaban J connectivity index is 1.98. The van der Waals surface area contributed by atoms with Crippen LogP contribution in [0.1, 0.15) is 11.1 Å². The first kappa shape index (κ1) is 18.0. The van der Waals surface area contributed by atoms with Crippen LogP contribution in [0.15, 0.2) is 30.0 Å². The van der Waals surface area contributed by atoms with Crippen LogP contribution >= 0.6 is 0 Å². The molecule has 1 heterocycles. The molecule has 3 N–H and O–H groups in total. The van der Waals surface area contributed by atoms with Crippen LogP contribution in [0.4, 0.5) is 5.69 Å². The van der Waals surface area contributed by atoms with Crippen LogP contribution in [-0.4, -0.2) is 55.0 Å². The van der Waals surface area contributed by atoms with E-state index in [1.165, 1.54) is 11.8 Å². The van der Waals surface area contributed by atoms with Gasteiger partial charge in [0.1, 0.15) is 11.6 Å². The van der Waals surface area contributed by atoms with Crippen molar-refractivity contribution in [1.82, 2.24) is 9.80 Å². The number of nitriles is 1. The summed E-state index contributed by atoms with van der Waals surface area (Å²) in [6, 6.07) is 7.95. The topological polar surface area (TPSA) is 85.4 Å². The molecule has 0 aliphatic carbocycles. The fourth-order valence-corrected chi connectivity index (χ4v) is 2.66. The van der Waals surface area contributed by atoms with Crippen molar-refractivity contribution in [2.75, 3.05) is 44.6 Å². The number of nitrogens with zero attached hydrogens (tertiary/aromatic N) is 3. The summed E-state index contributed by atoms with van der Waals surface area (Å²) < 4.78 is 0. The summed E-state index contributed by atoms with van der Waals surface area (Å²) in [5.41, 5.74) is 8.91. The molecule has 24 heavy (non-hydrogen) atoms. The fourth-order valence-electron chi connectivity index (χ4n) is 2.66. The van der Waals surface area contributed by atoms with Gasteiger partial charge in [-0.15, -0.1) is 0 Å². The average molecular weight is 327 g/mol. The maximum Gasteiger partial charge on any atom is 0.266 e. The van der Waals surface area contributed by atoms with E-state index in [9.17, 15) is 10.1 Å². The zero-order valence-corrected chi connectivity index (χ0v) is 14.4. The number of carbonyl (C=O) groups excluding carboxylic acids is 1. The van der Waals surface area contributed by atoms with Crippen LogP contribution in [0.3, 0.4) is 0 Å². The molecule has 0 saturated carbocycles. The molecule has 0 spiro atoms. The SMILES string of the molecule is Cc1ccc(N/C=C(/C#N)C(=O)N2CCN(CCN)CC2)cc1C. The maximum absolute atomic E-state index is 12.5. The molecule has 0 bridgehead atoms. The van der Waals surface area contributed by atoms with E-state index in [4.69, 9.17) is 5.73 Å². The Morgan fingerprint density at radius 3 is 2.58 bits per heavy atom. The van der Waals surface area contributed by atoms with E-state index in [1.807, 2.05) is 38.1 Å². The van der Waals surface area contributed by atoms with Crippen LogP contribution in [0.2, 0.25) is 0 Å². The van der Waals surface area contributed by atoms with Crippen molar-refractivity contribution in [3.8, 4) is 6.07 Å². The maximum atomic E-state index is 12.5. The van der Waals surface area contributed by atoms with Gasteiger partial charge in [0.05, 0.1) is 0 Å². The number of rotatable bonds is 5. The lowest BCUT2D eigenvalue weighted by Crippen LogP contribution is -2.50. The number of carbonyl (C=O) groups is 1. The van der Waals surface area contributed by atoms with Crippen molar-refractivity contribution in [1.29, 1.82) is 5.26 Å². The molecule has 1 amide bonds. The van der Waals surface area contributed by atoms with Crippen LogP contribution in [-0.2, 0) is 4.79 Å². The largest absolute Gasteiger partial charge is 0.360 e. The number of nitrogens with one attached hydrogen (secondary N) is 1. The molecule has 0 unspecified atom stereocenters. The fraction of sp³-hybridized carbons (Fsp3) is 0.444. The molecular weight excluding hydrogens is 302 g/mol. The van der Waals surface area contributed by atoms with E-state index in [2.05, 4.69) is 10.2 Å². The van der Waals surface area contributed by atoms with E-state index in [0.717, 1.165) is 30.9 Å². The molecule has 1 fully saturated rings. The Morgan fingerprint density at radius 2 is 2.00 bits per heavy atom. The number of nitrogens with two attached hydrogens (primary N) is 1. The lowest BCUT2D eigenvalue weighted by atomic mass is 10.1. The molecule has 1 aromatic carbocycles. The Kier molecular flexibility index (Phi) is 6.36. The molecule has 1 aliphatic heterocycles. The van der Waals surface area contributed by atoms with Gasteiger partial charge in [-0.3, -0.25) is 9.69 Å². The summed E-state index contributed by atoms with van der Waals surface area (Å²) in [6.45, 7) is 8.39. The third-order valence-electron chi connectivity index (χ3n) is 4.35. The van der Waals surface area contributed by atoms with Crippen LogP contribution in [0, 0.1) is 25.2 Å². The predicted octanol–water partition coefficient (Wildman–Crippen LogP) is 1.23. The third kappa shape index (κ3) is 4.57. The molecule has 1 aromatic rings. The lowest BCUT2D eigenvalue weighted by Gasteiger charge is -2.34. The van der Waals surface area contributed by atoms with E-state index < -0.39 is 0 Å². The van der Waals surface area contributed by atoms with Gasteiger partial charge in [-0.05, 0) is 37.1 Å². The number of benzene rings is 1. The number of hydrogen-bond acceptors (Lipinski definition) is 5. The quantitative estimate of drug-likeness (QED) is 0.627. The first-order chi connectivity index (χ1) is 11.5. The van der Waals surface area contributed by atoms with E-state index in [1.54, 1.807) is 4.90 Å². The van der Waals surface area contributed by atoms with Gasteiger partial charge in [-0.1, -0.05) is 6.07 Å². The summed E-state index contributed by atoms with van der Waals surface area (Å²) in [4.78, 5) is 16.4. The van der Waals surface area contributed by atoms with Gasteiger partial charge >= 0.3 is 0 Å². The average Bonchev–Trinajstić information content (AvgIpc) is 2.59. The predicted molar refractivity (Wildman–Crippen MR) is 95.3 cm³/mol. The summed E-state index contributed by atoms with van der Waals surface area (Å²) >= 11 is 0. The Hall–Kier alpha value is -2.36. The van der Waals surface area contributed by atoms with E-state index in [0.29, 0.717) is 19.6 Å². The zero-order chi connectivity index (χ0) is 17.5. The van der Waals surface area contributed by atoms with Gasteiger partial charge in [-0.25, -0.2) is 0 Å². The third-order valence-corrected chi connectivity index (χ3v) is 4.35. The molecule has 1 aliphatic rings. The van der Waals surface area contributed by atoms with Gasteiger partial charge in [0.15, 0.2) is 0 Å². The second-order valence-corrected chi connectivity index (χ2v) is 6.04. The van der Waals surface area contributed by atoms with Gasteiger partial charge in [0.2, 0.25) is 0 Å². The standard InChI is InChI=1S/C18H25N5O/c1-14-3-4-17(11-15(14)2)21-13-16(12-20)18(24)23-9-7-22(6-5-19)8-10-23/h3-4,11,13,21H,5-10,19H2,1-2H3/b16-13-. The highest BCUT2D eigenvalue weighted by molar-refractivity contribution is 5.97. The number of amides is 1. The summed E-state index contributed by atoms with van der Waals surface area (Å²) in [5.74, 6) is -0.221. The minimum atomic E-state index is -0.221. The molecule has 0 radical (unpaired) electrons. The molecular formula is C18H25N5O. The van der Waals surface area contributed by atoms with Crippen molar-refractivity contribution in [2.24, 2.45) is 5.73 Å². The van der Waals surface area contributed by atoms with Crippen molar-refractivity contribution in [3.63, 3.8) is 0 Å². The highest BCUT2D eigenvalue weighted by atomic mass is 16.2. The van der Waals surface area contributed by atoms with Gasteiger partial charge in [-0.2, -0.15) is 5.26 Å². The highest BCUT2D eigenvalue weighted by Crippen LogP contribution is 2.15. The summed E-state index contributed by atoms with van der Waals surface area (Å²) in [7, 11) is 0. The van der Waals surface area contributed by atoms with Gasteiger partial charge in [0.25, 0.3) is 5.91 Å². The van der Waals surface area contributed by atoms with Crippen molar-refractivity contribution >= 4 is 11.6 Å². The summed E-state index contributed by atoms with van der Waals surface area (Å²) in [6.07, 6.45) is 1.50. The Labute approximate surface area is 143 Å². The number of anilines is 1. The highest BCUT2D eigenvalue weighted by Gasteiger charge is 2.23. The number of hydrogen-bond donors (Lipinski definition) is 2. The monoisotopic (exact) mass is 327 g/mol. The van der Waals surface area contributed by atoms with Crippen molar-refractivity contribution < 1.29 is 4.79 Å². The van der Waals surface area contributed by atoms with Gasteiger partial charge < -0.3 is 16.0 Å². The minimum Gasteiger partial charge on any atom is -0.360 e. The first-order valence-electron chi connectivity index (χ1n) is 8.21. The summed E-state index contributed by atoms with van der Waals surface area (Å²) in [5, 5.41) is 12.4. The normalized spacial score (nSPS) is 15.9. The smallest absolute Gasteiger partial charge is 0.266 e. The van der Waals surface area contributed by atoms with Crippen molar-refractivity contribution in [2.45, 2.75) is 13.8 Å². The second-order valence-electron chi connectivity index (χ2n) is 6.04. The molecule has 6 heteroatoms. The van der Waals surface area contributed by atoms with E-state index >= 15 is 0 Å².